The third-order valence-electron chi connectivity index (χ3n) is 4.12. The first-order valence-electron chi connectivity index (χ1n) is 7.20. The summed E-state index contributed by atoms with van der Waals surface area (Å²) in [5.41, 5.74) is 7.91. The van der Waals surface area contributed by atoms with E-state index in [0.29, 0.717) is 32.6 Å². The molecule has 6 nitrogen and oxygen atoms in total. The average Bonchev–Trinajstić information content (AvgIpc) is 3.10. The molecule has 3 rings (SSSR count). The number of carbonyl (C=O) groups is 1. The highest BCUT2D eigenvalue weighted by Gasteiger charge is 2.38. The van der Waals surface area contributed by atoms with Gasteiger partial charge >= 0.3 is 0 Å². The second-order valence-corrected chi connectivity index (χ2v) is 6.03. The third-order valence-corrected chi connectivity index (χ3v) is 4.63. The van der Waals surface area contributed by atoms with E-state index >= 15 is 0 Å². The summed E-state index contributed by atoms with van der Waals surface area (Å²) in [6.07, 6.45) is 1.33. The van der Waals surface area contributed by atoms with Crippen molar-refractivity contribution in [1.82, 2.24) is 9.59 Å². The van der Waals surface area contributed by atoms with Crippen LogP contribution >= 0.6 is 23.9 Å². The van der Waals surface area contributed by atoms with E-state index in [9.17, 15) is 4.79 Å². The van der Waals surface area contributed by atoms with E-state index < -0.39 is 5.41 Å². The van der Waals surface area contributed by atoms with Crippen molar-refractivity contribution in [2.75, 3.05) is 25.1 Å². The Hall–Kier alpha value is -1.54. The van der Waals surface area contributed by atoms with Gasteiger partial charge in [0.25, 0.3) is 0 Å². The van der Waals surface area contributed by atoms with E-state index in [-0.39, 0.29) is 18.3 Å². The van der Waals surface area contributed by atoms with Gasteiger partial charge in [0.2, 0.25) is 5.91 Å². The van der Waals surface area contributed by atoms with Crippen LogP contribution in [0.25, 0.3) is 11.3 Å². The van der Waals surface area contributed by atoms with Crippen molar-refractivity contribution in [3.8, 4) is 11.3 Å². The molecule has 1 aliphatic rings. The smallest absolute Gasteiger partial charge is 0.232 e. The summed E-state index contributed by atoms with van der Waals surface area (Å²) in [5, 5.41) is 8.88. The number of nitrogens with one attached hydrogen (secondary N) is 1. The second kappa shape index (κ2) is 7.83. The number of rotatable bonds is 4. The fourth-order valence-electron chi connectivity index (χ4n) is 2.56. The van der Waals surface area contributed by atoms with Crippen molar-refractivity contribution in [3.05, 3.63) is 29.6 Å². The molecule has 8 heteroatoms. The highest BCUT2D eigenvalue weighted by molar-refractivity contribution is 7.03. The van der Waals surface area contributed by atoms with Gasteiger partial charge in [-0.15, -0.1) is 17.5 Å². The summed E-state index contributed by atoms with van der Waals surface area (Å²) >= 11 is 1.31. The molecule has 124 valence electrons. The van der Waals surface area contributed by atoms with Crippen molar-refractivity contribution < 1.29 is 9.53 Å². The molecule has 1 aromatic carbocycles. The number of hydrogen-bond acceptors (Lipinski definition) is 6. The van der Waals surface area contributed by atoms with Gasteiger partial charge in [-0.2, -0.15) is 0 Å². The Morgan fingerprint density at radius 1 is 1.30 bits per heavy atom. The number of nitrogens with two attached hydrogens (primary N) is 1. The summed E-state index contributed by atoms with van der Waals surface area (Å²) in [6, 6.07) is 7.59. The topological polar surface area (TPSA) is 90.1 Å². The van der Waals surface area contributed by atoms with Crippen molar-refractivity contribution in [3.63, 3.8) is 0 Å². The molecule has 0 aliphatic carbocycles. The van der Waals surface area contributed by atoms with E-state index in [0.717, 1.165) is 16.9 Å². The summed E-state index contributed by atoms with van der Waals surface area (Å²) < 4.78 is 9.18. The lowest BCUT2D eigenvalue weighted by Crippen LogP contribution is -2.46. The molecule has 0 bridgehead atoms. The number of carbonyl (C=O) groups excluding carboxylic acids is 1. The van der Waals surface area contributed by atoms with Crippen LogP contribution in [0.4, 0.5) is 5.69 Å². The number of nitrogens with zero attached hydrogens (tertiary/aromatic N) is 2. The van der Waals surface area contributed by atoms with Crippen LogP contribution in [0.15, 0.2) is 29.6 Å². The Morgan fingerprint density at radius 2 is 2.00 bits per heavy atom. The van der Waals surface area contributed by atoms with Gasteiger partial charge in [-0.25, -0.2) is 0 Å². The highest BCUT2D eigenvalue weighted by atomic mass is 35.5. The number of aromatic nitrogens is 2. The van der Waals surface area contributed by atoms with E-state index in [2.05, 4.69) is 14.9 Å². The largest absolute Gasteiger partial charge is 0.381 e. The Kier molecular flexibility index (Phi) is 6.06. The molecular formula is C15H19ClN4O2S. The van der Waals surface area contributed by atoms with Crippen LogP contribution in [0, 0.1) is 5.41 Å². The van der Waals surface area contributed by atoms with Gasteiger partial charge in [-0.05, 0) is 36.5 Å². The van der Waals surface area contributed by atoms with Crippen LogP contribution in [-0.4, -0.2) is 35.3 Å². The molecule has 2 aromatic rings. The summed E-state index contributed by atoms with van der Waals surface area (Å²) in [7, 11) is 0. The Labute approximate surface area is 145 Å². The lowest BCUT2D eigenvalue weighted by Gasteiger charge is -2.34. The number of ether oxygens (including phenoxy) is 1. The zero-order chi connectivity index (χ0) is 15.4. The van der Waals surface area contributed by atoms with Crippen molar-refractivity contribution in [2.24, 2.45) is 11.1 Å². The van der Waals surface area contributed by atoms with Gasteiger partial charge in [0.15, 0.2) is 0 Å². The van der Waals surface area contributed by atoms with E-state index in [1.165, 1.54) is 11.5 Å². The van der Waals surface area contributed by atoms with Crippen LogP contribution in [-0.2, 0) is 9.53 Å². The molecule has 0 spiro atoms. The molecule has 0 unspecified atom stereocenters. The summed E-state index contributed by atoms with van der Waals surface area (Å²) in [5.74, 6) is -0.0265. The first-order chi connectivity index (χ1) is 10.7. The minimum atomic E-state index is -0.518. The summed E-state index contributed by atoms with van der Waals surface area (Å²) in [4.78, 5) is 12.6. The van der Waals surface area contributed by atoms with Crippen LogP contribution in [0.3, 0.4) is 0 Å². The molecule has 0 atom stereocenters. The van der Waals surface area contributed by atoms with Crippen LogP contribution < -0.4 is 11.1 Å². The Bertz CT molecular complexity index is 627. The third kappa shape index (κ3) is 3.87. The molecule has 1 saturated heterocycles. The predicted octanol–water partition coefficient (Wildman–Crippen LogP) is 2.32. The fourth-order valence-corrected chi connectivity index (χ4v) is 3.03. The van der Waals surface area contributed by atoms with Crippen LogP contribution in [0.2, 0.25) is 0 Å². The van der Waals surface area contributed by atoms with Crippen LogP contribution in [0.1, 0.15) is 12.8 Å². The highest BCUT2D eigenvalue weighted by Crippen LogP contribution is 2.31. The molecular weight excluding hydrogens is 336 g/mol. The molecule has 1 aromatic heterocycles. The normalized spacial score (nSPS) is 16.4. The van der Waals surface area contributed by atoms with E-state index in [4.69, 9.17) is 10.5 Å². The van der Waals surface area contributed by atoms with Crippen LogP contribution in [0.5, 0.6) is 0 Å². The maximum Gasteiger partial charge on any atom is 0.232 e. The lowest BCUT2D eigenvalue weighted by atomic mass is 9.79. The number of benzene rings is 1. The quantitative estimate of drug-likeness (QED) is 0.879. The van der Waals surface area contributed by atoms with Gasteiger partial charge in [0, 0.05) is 36.4 Å². The minimum absolute atomic E-state index is 0. The zero-order valence-corrected chi connectivity index (χ0v) is 14.2. The maximum absolute atomic E-state index is 12.6. The van der Waals surface area contributed by atoms with Gasteiger partial charge in [-0.3, -0.25) is 4.79 Å². The molecule has 1 amide bonds. The first-order valence-corrected chi connectivity index (χ1v) is 8.04. The monoisotopic (exact) mass is 354 g/mol. The fraction of sp³-hybridized carbons (Fsp3) is 0.400. The molecule has 23 heavy (non-hydrogen) atoms. The minimum Gasteiger partial charge on any atom is -0.381 e. The maximum atomic E-state index is 12.6. The predicted molar refractivity (Wildman–Crippen MR) is 92.8 cm³/mol. The lowest BCUT2D eigenvalue weighted by molar-refractivity contribution is -0.130. The molecule has 0 radical (unpaired) electrons. The first kappa shape index (κ1) is 17.8. The van der Waals surface area contributed by atoms with E-state index in [1.54, 1.807) is 0 Å². The zero-order valence-electron chi connectivity index (χ0n) is 12.5. The molecule has 3 N–H and O–H groups in total. The number of hydrogen-bond donors (Lipinski definition) is 2. The standard InChI is InChI=1S/C15H18N4O2S.ClH/c16-10-15(5-7-21-8-6-15)14(20)17-12-3-1-11(2-4-12)13-9-22-19-18-13;/h1-4,9H,5-8,10,16H2,(H,17,20);1H. The number of anilines is 1. The number of amides is 1. The van der Waals surface area contributed by atoms with Gasteiger partial charge < -0.3 is 15.8 Å². The van der Waals surface area contributed by atoms with Crippen molar-refractivity contribution in [2.45, 2.75) is 12.8 Å². The second-order valence-electron chi connectivity index (χ2n) is 5.42. The molecule has 2 heterocycles. The molecule has 0 saturated carbocycles. The Morgan fingerprint density at radius 3 is 2.57 bits per heavy atom. The molecule has 1 fully saturated rings. The van der Waals surface area contributed by atoms with Crippen molar-refractivity contribution in [1.29, 1.82) is 0 Å². The van der Waals surface area contributed by atoms with E-state index in [1.807, 2.05) is 29.6 Å². The average molecular weight is 355 g/mol. The van der Waals surface area contributed by atoms with Gasteiger partial charge in [0.1, 0.15) is 5.69 Å². The Balaban J connectivity index is 0.00000192. The van der Waals surface area contributed by atoms with Crippen molar-refractivity contribution >= 4 is 35.5 Å². The molecule has 1 aliphatic heterocycles. The summed E-state index contributed by atoms with van der Waals surface area (Å²) in [6.45, 7) is 1.51. The number of halogens is 1. The van der Waals surface area contributed by atoms with Gasteiger partial charge in [0.05, 0.1) is 5.41 Å². The van der Waals surface area contributed by atoms with Gasteiger partial charge in [-0.1, -0.05) is 16.6 Å². The SMILES string of the molecule is Cl.NCC1(C(=O)Nc2ccc(-c3csnn3)cc2)CCOCC1.